The van der Waals surface area contributed by atoms with Gasteiger partial charge in [-0.15, -0.1) is 6.42 Å². The summed E-state index contributed by atoms with van der Waals surface area (Å²) in [7, 11) is -2.07. The molecule has 0 rings (SSSR count). The first-order chi connectivity index (χ1) is 13.3. The Bertz CT molecular complexity index is 674. The lowest BCUT2D eigenvalue weighted by molar-refractivity contribution is 0.0561. The molecule has 0 spiro atoms. The molecule has 0 aliphatic rings. The lowest BCUT2D eigenvalue weighted by atomic mass is 10.2. The molecule has 0 aliphatic carbocycles. The van der Waals surface area contributed by atoms with Gasteiger partial charge in [0.05, 0.1) is 0 Å². The molecular weight excluding hydrogens is 400 g/mol. The van der Waals surface area contributed by atoms with Crippen LogP contribution in [0.3, 0.4) is 0 Å². The van der Waals surface area contributed by atoms with E-state index in [1.54, 1.807) is 41.5 Å². The molecule has 2 amide bonds. The SMILES string of the molecule is C#CC(CCC(=NC(=O)OC(C)(C)C)NC(=O)OC(C)(C)C)O[Si](C)(C)C(C)(C)C. The molecule has 0 saturated heterocycles. The Morgan fingerprint density at radius 2 is 1.50 bits per heavy atom. The van der Waals surface area contributed by atoms with Crippen LogP contribution in [0.25, 0.3) is 0 Å². The van der Waals surface area contributed by atoms with Crippen molar-refractivity contribution in [1.29, 1.82) is 0 Å². The number of nitrogens with one attached hydrogen (secondary N) is 1. The summed E-state index contributed by atoms with van der Waals surface area (Å²) < 4.78 is 16.7. The number of ether oxygens (including phenoxy) is 2. The van der Waals surface area contributed by atoms with Crippen molar-refractivity contribution in [3.8, 4) is 12.3 Å². The van der Waals surface area contributed by atoms with E-state index in [2.05, 4.69) is 50.1 Å². The van der Waals surface area contributed by atoms with Gasteiger partial charge in [-0.25, -0.2) is 9.59 Å². The third-order valence-corrected chi connectivity index (χ3v) is 8.82. The highest BCUT2D eigenvalue weighted by atomic mass is 28.4. The lowest BCUT2D eigenvalue weighted by Crippen LogP contribution is -2.44. The van der Waals surface area contributed by atoms with Crippen molar-refractivity contribution in [2.45, 2.75) is 111 Å². The van der Waals surface area contributed by atoms with Crippen molar-refractivity contribution in [2.75, 3.05) is 0 Å². The van der Waals surface area contributed by atoms with Gasteiger partial charge in [-0.2, -0.15) is 4.99 Å². The number of alkyl carbamates (subject to hydrolysis) is 1. The van der Waals surface area contributed by atoms with Crippen molar-refractivity contribution in [3.05, 3.63) is 0 Å². The van der Waals surface area contributed by atoms with Gasteiger partial charge in [0.2, 0.25) is 0 Å². The minimum absolute atomic E-state index is 0.00426. The van der Waals surface area contributed by atoms with Crippen LogP contribution in [0.15, 0.2) is 4.99 Å². The van der Waals surface area contributed by atoms with Crippen molar-refractivity contribution in [2.24, 2.45) is 4.99 Å². The monoisotopic (exact) mass is 440 g/mol. The van der Waals surface area contributed by atoms with Gasteiger partial charge >= 0.3 is 12.2 Å². The van der Waals surface area contributed by atoms with E-state index in [1.165, 1.54) is 0 Å². The number of terminal acetylenes is 1. The molecule has 30 heavy (non-hydrogen) atoms. The second-order valence-corrected chi connectivity index (χ2v) is 15.5. The molecule has 172 valence electrons. The summed E-state index contributed by atoms with van der Waals surface area (Å²) in [6, 6.07) is 0. The largest absolute Gasteiger partial charge is 0.444 e. The van der Waals surface area contributed by atoms with Crippen LogP contribution in [0.1, 0.15) is 75.2 Å². The van der Waals surface area contributed by atoms with E-state index in [9.17, 15) is 9.59 Å². The van der Waals surface area contributed by atoms with Crippen LogP contribution in [0.2, 0.25) is 18.1 Å². The van der Waals surface area contributed by atoms with Gasteiger partial charge in [-0.3, -0.25) is 5.32 Å². The normalized spacial score (nSPS) is 14.5. The second-order valence-electron chi connectivity index (χ2n) is 10.7. The van der Waals surface area contributed by atoms with Gasteiger partial charge in [0.15, 0.2) is 8.32 Å². The molecule has 0 aromatic heterocycles. The molecule has 0 aromatic rings. The molecule has 0 aromatic carbocycles. The Balaban J connectivity index is 5.39. The maximum atomic E-state index is 12.2. The van der Waals surface area contributed by atoms with Crippen molar-refractivity contribution < 1.29 is 23.5 Å². The first kappa shape index (κ1) is 28.1. The van der Waals surface area contributed by atoms with Crippen LogP contribution in [0.4, 0.5) is 9.59 Å². The van der Waals surface area contributed by atoms with E-state index in [0.29, 0.717) is 6.42 Å². The zero-order valence-corrected chi connectivity index (χ0v) is 21.6. The van der Waals surface area contributed by atoms with Crippen LogP contribution < -0.4 is 5.32 Å². The molecule has 0 radical (unpaired) electrons. The van der Waals surface area contributed by atoms with Gasteiger partial charge in [0.25, 0.3) is 0 Å². The maximum Gasteiger partial charge on any atom is 0.435 e. The number of nitrogens with zero attached hydrogens (tertiary/aromatic N) is 1. The lowest BCUT2D eigenvalue weighted by Gasteiger charge is -2.38. The average Bonchev–Trinajstić information content (AvgIpc) is 2.45. The van der Waals surface area contributed by atoms with Crippen LogP contribution in [0, 0.1) is 12.3 Å². The van der Waals surface area contributed by atoms with Gasteiger partial charge in [0.1, 0.15) is 23.1 Å². The van der Waals surface area contributed by atoms with Crippen molar-refractivity contribution >= 4 is 26.3 Å². The highest BCUT2D eigenvalue weighted by Gasteiger charge is 2.39. The number of hydrogen-bond donors (Lipinski definition) is 1. The number of aliphatic imine (C=N–C) groups is 1. The smallest absolute Gasteiger partial charge is 0.435 e. The van der Waals surface area contributed by atoms with Gasteiger partial charge in [0, 0.05) is 6.42 Å². The average molecular weight is 441 g/mol. The van der Waals surface area contributed by atoms with E-state index in [-0.39, 0.29) is 17.3 Å². The Kier molecular flexibility index (Phi) is 9.80. The molecule has 1 atom stereocenters. The summed E-state index contributed by atoms with van der Waals surface area (Å²) in [6.07, 6.45) is 4.34. The summed E-state index contributed by atoms with van der Waals surface area (Å²) in [4.78, 5) is 28.2. The minimum atomic E-state index is -2.07. The summed E-state index contributed by atoms with van der Waals surface area (Å²) in [6.45, 7) is 21.1. The van der Waals surface area contributed by atoms with Crippen molar-refractivity contribution in [3.63, 3.8) is 0 Å². The Morgan fingerprint density at radius 1 is 1.00 bits per heavy atom. The molecule has 0 heterocycles. The minimum Gasteiger partial charge on any atom is -0.444 e. The highest BCUT2D eigenvalue weighted by Crippen LogP contribution is 2.37. The maximum absolute atomic E-state index is 12.2. The topological polar surface area (TPSA) is 86.2 Å². The predicted molar refractivity (Wildman–Crippen MR) is 123 cm³/mol. The van der Waals surface area contributed by atoms with Gasteiger partial charge in [-0.1, -0.05) is 26.7 Å². The molecule has 0 aliphatic heterocycles. The zero-order chi connectivity index (χ0) is 24.0. The third kappa shape index (κ3) is 12.0. The number of carbonyl (C=O) groups is 2. The van der Waals surface area contributed by atoms with E-state index < -0.39 is 37.8 Å². The number of amidine groups is 1. The molecule has 1 unspecified atom stereocenters. The van der Waals surface area contributed by atoms with E-state index in [0.717, 1.165) is 0 Å². The second kappa shape index (κ2) is 10.4. The first-order valence-electron chi connectivity index (χ1n) is 10.2. The molecule has 0 saturated carbocycles. The summed E-state index contributed by atoms with van der Waals surface area (Å²) in [5.74, 6) is 2.79. The summed E-state index contributed by atoms with van der Waals surface area (Å²) in [5, 5.41) is 2.54. The van der Waals surface area contributed by atoms with Gasteiger partial charge in [-0.05, 0) is 66.1 Å². The van der Waals surface area contributed by atoms with Gasteiger partial charge < -0.3 is 13.9 Å². The quantitative estimate of drug-likeness (QED) is 0.258. The predicted octanol–water partition coefficient (Wildman–Crippen LogP) is 5.65. The standard InChI is InChI=1S/C22H40N2O5Si/c1-13-16(29-30(11,12)22(8,9)10)14-15-17(23-18(25)27-20(2,3)4)24-19(26)28-21(5,6)7/h1,16H,14-15H2,2-12H3,(H,23,24,25,26). The first-order valence-corrected chi connectivity index (χ1v) is 13.1. The van der Waals surface area contributed by atoms with Crippen LogP contribution >= 0.6 is 0 Å². The van der Waals surface area contributed by atoms with E-state index in [1.807, 2.05) is 0 Å². The summed E-state index contributed by atoms with van der Waals surface area (Å²) in [5.41, 5.74) is -1.39. The van der Waals surface area contributed by atoms with E-state index >= 15 is 0 Å². The molecule has 0 fully saturated rings. The van der Waals surface area contributed by atoms with Crippen LogP contribution in [-0.4, -0.2) is 43.6 Å². The number of rotatable bonds is 5. The van der Waals surface area contributed by atoms with Crippen molar-refractivity contribution in [1.82, 2.24) is 5.32 Å². The Hall–Kier alpha value is -1.85. The fraction of sp³-hybridized carbons (Fsp3) is 0.773. The fourth-order valence-corrected chi connectivity index (χ4v) is 3.19. The van der Waals surface area contributed by atoms with Crippen LogP contribution in [0.5, 0.6) is 0 Å². The van der Waals surface area contributed by atoms with E-state index in [4.69, 9.17) is 20.3 Å². The molecule has 7 nitrogen and oxygen atoms in total. The number of carbonyl (C=O) groups excluding carboxylic acids is 2. The fourth-order valence-electron chi connectivity index (χ4n) is 1.94. The molecule has 0 bridgehead atoms. The Labute approximate surface area is 183 Å². The highest BCUT2D eigenvalue weighted by molar-refractivity contribution is 6.74. The Morgan fingerprint density at radius 3 is 1.90 bits per heavy atom. The zero-order valence-electron chi connectivity index (χ0n) is 20.6. The summed E-state index contributed by atoms with van der Waals surface area (Å²) >= 11 is 0. The molecular formula is C22H40N2O5Si. The third-order valence-electron chi connectivity index (χ3n) is 4.34. The number of hydrogen-bond acceptors (Lipinski definition) is 5. The number of amides is 2. The molecule has 8 heteroatoms. The molecule has 1 N–H and O–H groups in total. The van der Waals surface area contributed by atoms with Crippen LogP contribution in [-0.2, 0) is 13.9 Å².